The number of aromatic nitrogens is 3. The van der Waals surface area contributed by atoms with Crippen LogP contribution in [0.3, 0.4) is 0 Å². The van der Waals surface area contributed by atoms with Crippen LogP contribution in [0, 0.1) is 0 Å². The number of rotatable bonds is 5. The zero-order valence-electron chi connectivity index (χ0n) is 10.5. The van der Waals surface area contributed by atoms with E-state index in [-0.39, 0.29) is 5.69 Å². The highest BCUT2D eigenvalue weighted by molar-refractivity contribution is 5.86. The number of carbonyl (C=O) groups excluding carboxylic acids is 1. The maximum absolute atomic E-state index is 11.4. The Morgan fingerprint density at radius 2 is 2.22 bits per heavy atom. The largest absolute Gasteiger partial charge is 0.461 e. The summed E-state index contributed by atoms with van der Waals surface area (Å²) in [5.41, 5.74) is 0.263. The minimum Gasteiger partial charge on any atom is -0.461 e. The fourth-order valence-corrected chi connectivity index (χ4v) is 1.77. The Labute approximate surface area is 106 Å². The van der Waals surface area contributed by atoms with E-state index in [4.69, 9.17) is 9.47 Å². The molecule has 2 heterocycles. The van der Waals surface area contributed by atoms with E-state index in [0.717, 1.165) is 32.8 Å². The van der Waals surface area contributed by atoms with Crippen LogP contribution in [0.4, 0.5) is 0 Å². The molecule has 18 heavy (non-hydrogen) atoms. The molecule has 0 aromatic carbocycles. The molecule has 100 valence electrons. The lowest BCUT2D eigenvalue weighted by Gasteiger charge is -2.26. The second-order valence-electron chi connectivity index (χ2n) is 4.04. The van der Waals surface area contributed by atoms with Crippen molar-refractivity contribution in [3.05, 3.63) is 11.9 Å². The Kier molecular flexibility index (Phi) is 4.66. The van der Waals surface area contributed by atoms with E-state index in [0.29, 0.717) is 13.2 Å². The highest BCUT2D eigenvalue weighted by Crippen LogP contribution is 1.99. The van der Waals surface area contributed by atoms with Crippen LogP contribution in [-0.2, 0) is 16.0 Å². The van der Waals surface area contributed by atoms with Gasteiger partial charge in [0.05, 0.1) is 32.6 Å². The standard InChI is InChI=1S/C11H18N4O3/c1-2-18-11(16)10-9-15(13-12-10)4-3-14-5-7-17-8-6-14/h9H,2-8H2,1H3. The van der Waals surface area contributed by atoms with Crippen LogP contribution in [0.5, 0.6) is 0 Å². The predicted octanol–water partition coefficient (Wildman–Crippen LogP) is -0.213. The van der Waals surface area contributed by atoms with Gasteiger partial charge in [0, 0.05) is 19.6 Å². The predicted molar refractivity (Wildman–Crippen MR) is 63.2 cm³/mol. The van der Waals surface area contributed by atoms with Crippen LogP contribution in [-0.4, -0.2) is 65.3 Å². The summed E-state index contributed by atoms with van der Waals surface area (Å²) in [7, 11) is 0. The van der Waals surface area contributed by atoms with Gasteiger partial charge in [-0.05, 0) is 6.92 Å². The van der Waals surface area contributed by atoms with Gasteiger partial charge < -0.3 is 9.47 Å². The number of esters is 1. The molecule has 0 spiro atoms. The van der Waals surface area contributed by atoms with Crippen molar-refractivity contribution >= 4 is 5.97 Å². The van der Waals surface area contributed by atoms with Crippen molar-refractivity contribution in [2.24, 2.45) is 0 Å². The van der Waals surface area contributed by atoms with E-state index in [1.165, 1.54) is 0 Å². The Morgan fingerprint density at radius 1 is 1.44 bits per heavy atom. The van der Waals surface area contributed by atoms with Crippen LogP contribution in [0.1, 0.15) is 17.4 Å². The topological polar surface area (TPSA) is 69.5 Å². The molecule has 1 aliphatic rings. The lowest BCUT2D eigenvalue weighted by atomic mass is 10.4. The summed E-state index contributed by atoms with van der Waals surface area (Å²) in [5.74, 6) is -0.421. The minimum atomic E-state index is -0.421. The normalized spacial score (nSPS) is 16.7. The third-order valence-electron chi connectivity index (χ3n) is 2.77. The van der Waals surface area contributed by atoms with E-state index in [2.05, 4.69) is 15.2 Å². The number of ether oxygens (including phenoxy) is 2. The molecule has 0 bridgehead atoms. The minimum absolute atomic E-state index is 0.263. The molecule has 2 rings (SSSR count). The van der Waals surface area contributed by atoms with Gasteiger partial charge in [-0.25, -0.2) is 4.79 Å². The fraction of sp³-hybridized carbons (Fsp3) is 0.727. The van der Waals surface area contributed by atoms with Gasteiger partial charge in [0.2, 0.25) is 0 Å². The molecule has 0 N–H and O–H groups in total. The third kappa shape index (κ3) is 3.51. The maximum Gasteiger partial charge on any atom is 0.360 e. The highest BCUT2D eigenvalue weighted by atomic mass is 16.5. The Hall–Kier alpha value is -1.47. The van der Waals surface area contributed by atoms with Crippen molar-refractivity contribution in [3.8, 4) is 0 Å². The summed E-state index contributed by atoms with van der Waals surface area (Å²) >= 11 is 0. The second-order valence-corrected chi connectivity index (χ2v) is 4.04. The Bertz CT molecular complexity index is 387. The molecule has 0 atom stereocenters. The molecule has 0 radical (unpaired) electrons. The monoisotopic (exact) mass is 254 g/mol. The zero-order valence-corrected chi connectivity index (χ0v) is 10.5. The molecule has 1 saturated heterocycles. The second kappa shape index (κ2) is 6.46. The fourth-order valence-electron chi connectivity index (χ4n) is 1.77. The molecule has 0 unspecified atom stereocenters. The van der Waals surface area contributed by atoms with Gasteiger partial charge in [-0.1, -0.05) is 5.21 Å². The molecule has 0 aliphatic carbocycles. The first-order chi connectivity index (χ1) is 8.79. The average molecular weight is 254 g/mol. The highest BCUT2D eigenvalue weighted by Gasteiger charge is 2.13. The lowest BCUT2D eigenvalue weighted by molar-refractivity contribution is 0.0359. The van der Waals surface area contributed by atoms with Gasteiger partial charge in [0.1, 0.15) is 0 Å². The third-order valence-corrected chi connectivity index (χ3v) is 2.77. The molecular formula is C11H18N4O3. The number of nitrogens with zero attached hydrogens (tertiary/aromatic N) is 4. The molecule has 0 amide bonds. The molecule has 0 saturated carbocycles. The Balaban J connectivity index is 1.80. The van der Waals surface area contributed by atoms with Gasteiger partial charge in [0.25, 0.3) is 0 Å². The number of hydrogen-bond acceptors (Lipinski definition) is 6. The van der Waals surface area contributed by atoms with Crippen molar-refractivity contribution in [1.29, 1.82) is 0 Å². The molecule has 7 heteroatoms. The van der Waals surface area contributed by atoms with Crippen LogP contribution in [0.25, 0.3) is 0 Å². The molecule has 1 aromatic heterocycles. The van der Waals surface area contributed by atoms with Crippen LogP contribution in [0.2, 0.25) is 0 Å². The first-order valence-corrected chi connectivity index (χ1v) is 6.17. The summed E-state index contributed by atoms with van der Waals surface area (Å²) in [4.78, 5) is 13.7. The van der Waals surface area contributed by atoms with Crippen LogP contribution in [0.15, 0.2) is 6.20 Å². The molecule has 7 nitrogen and oxygen atoms in total. The van der Waals surface area contributed by atoms with Crippen molar-refractivity contribution in [2.45, 2.75) is 13.5 Å². The van der Waals surface area contributed by atoms with E-state index in [1.807, 2.05) is 0 Å². The summed E-state index contributed by atoms with van der Waals surface area (Å²) in [6.45, 7) is 7.16. The quantitative estimate of drug-likeness (QED) is 0.677. The molecular weight excluding hydrogens is 236 g/mol. The first-order valence-electron chi connectivity index (χ1n) is 6.17. The van der Waals surface area contributed by atoms with Crippen molar-refractivity contribution in [1.82, 2.24) is 19.9 Å². The maximum atomic E-state index is 11.4. The van der Waals surface area contributed by atoms with Crippen LogP contribution < -0.4 is 0 Å². The number of morpholine rings is 1. The van der Waals surface area contributed by atoms with E-state index in [9.17, 15) is 4.79 Å². The van der Waals surface area contributed by atoms with Crippen LogP contribution >= 0.6 is 0 Å². The summed E-state index contributed by atoms with van der Waals surface area (Å²) in [6, 6.07) is 0. The molecule has 1 aliphatic heterocycles. The zero-order chi connectivity index (χ0) is 12.8. The van der Waals surface area contributed by atoms with Gasteiger partial charge >= 0.3 is 5.97 Å². The van der Waals surface area contributed by atoms with E-state index in [1.54, 1.807) is 17.8 Å². The van der Waals surface area contributed by atoms with Gasteiger partial charge in [-0.15, -0.1) is 5.10 Å². The van der Waals surface area contributed by atoms with Gasteiger partial charge in [-0.3, -0.25) is 9.58 Å². The van der Waals surface area contributed by atoms with Crippen molar-refractivity contribution in [3.63, 3.8) is 0 Å². The molecule has 1 aromatic rings. The number of hydrogen-bond donors (Lipinski definition) is 0. The average Bonchev–Trinajstić information content (AvgIpc) is 2.87. The van der Waals surface area contributed by atoms with Crippen molar-refractivity contribution < 1.29 is 14.3 Å². The smallest absolute Gasteiger partial charge is 0.360 e. The summed E-state index contributed by atoms with van der Waals surface area (Å²) in [6.07, 6.45) is 1.62. The molecule has 1 fully saturated rings. The van der Waals surface area contributed by atoms with Gasteiger partial charge in [0.15, 0.2) is 5.69 Å². The summed E-state index contributed by atoms with van der Waals surface area (Å²) in [5, 5.41) is 7.71. The Morgan fingerprint density at radius 3 is 2.94 bits per heavy atom. The first kappa shape index (κ1) is 13.0. The van der Waals surface area contributed by atoms with E-state index < -0.39 is 5.97 Å². The number of carbonyl (C=O) groups is 1. The SMILES string of the molecule is CCOC(=O)c1cn(CCN2CCOCC2)nn1. The lowest BCUT2D eigenvalue weighted by Crippen LogP contribution is -2.38. The van der Waals surface area contributed by atoms with Crippen molar-refractivity contribution in [2.75, 3.05) is 39.5 Å². The van der Waals surface area contributed by atoms with Gasteiger partial charge in [-0.2, -0.15) is 0 Å². The van der Waals surface area contributed by atoms with E-state index >= 15 is 0 Å². The summed E-state index contributed by atoms with van der Waals surface area (Å²) < 4.78 is 11.8.